The fraction of sp³-hybridized carbons (Fsp3) is 0.0625. The monoisotopic (exact) mass is 379 g/mol. The minimum Gasteiger partial charge on any atom is -1.00 e. The first-order valence-electron chi connectivity index (χ1n) is 5.94. The number of hydrogen-bond donors (Lipinski definition) is 0. The van der Waals surface area contributed by atoms with Gasteiger partial charge in [0.15, 0.2) is 6.20 Å². The van der Waals surface area contributed by atoms with Crippen molar-refractivity contribution in [1.82, 2.24) is 0 Å². The topological polar surface area (TPSA) is 3.88 Å². The van der Waals surface area contributed by atoms with Gasteiger partial charge in [-0.3, -0.25) is 0 Å². The van der Waals surface area contributed by atoms with E-state index in [-0.39, 0.29) is 24.0 Å². The highest BCUT2D eigenvalue weighted by atomic mass is 127. The third-order valence-electron chi connectivity index (χ3n) is 2.91. The Bertz CT molecular complexity index is 683. The number of rotatable bonds is 2. The second-order valence-electron chi connectivity index (χ2n) is 4.26. The maximum Gasteiger partial charge on any atom is 0.212 e. The summed E-state index contributed by atoms with van der Waals surface area (Å²) < 4.78 is 2.18. The number of para-hydroxylation sites is 1. The minimum absolute atomic E-state index is 0. The average Bonchev–Trinajstić information content (AvgIpc) is 2.40. The molecule has 3 rings (SSSR count). The van der Waals surface area contributed by atoms with E-state index in [1.54, 1.807) is 11.8 Å². The first-order chi connectivity index (χ1) is 8.83. The van der Waals surface area contributed by atoms with Crippen LogP contribution >= 0.6 is 11.8 Å². The molecule has 1 heterocycles. The van der Waals surface area contributed by atoms with E-state index >= 15 is 0 Å². The number of nitrogens with zero attached hydrogens (tertiary/aromatic N) is 1. The molecule has 0 fully saturated rings. The number of aryl methyl sites for hydroxylation is 1. The zero-order valence-corrected chi connectivity index (χ0v) is 13.6. The number of pyridine rings is 1. The van der Waals surface area contributed by atoms with Crippen LogP contribution in [0.5, 0.6) is 0 Å². The lowest BCUT2D eigenvalue weighted by atomic mass is 10.2. The Morgan fingerprint density at radius 1 is 0.842 bits per heavy atom. The summed E-state index contributed by atoms with van der Waals surface area (Å²) in [7, 11) is 2.09. The van der Waals surface area contributed by atoms with Gasteiger partial charge >= 0.3 is 0 Å². The van der Waals surface area contributed by atoms with Gasteiger partial charge in [-0.2, -0.15) is 4.57 Å². The van der Waals surface area contributed by atoms with Crippen molar-refractivity contribution in [1.29, 1.82) is 0 Å². The van der Waals surface area contributed by atoms with Crippen molar-refractivity contribution in [2.75, 3.05) is 0 Å². The van der Waals surface area contributed by atoms with E-state index in [4.69, 9.17) is 0 Å². The van der Waals surface area contributed by atoms with Gasteiger partial charge in [0.05, 0.1) is 4.90 Å². The van der Waals surface area contributed by atoms with Crippen molar-refractivity contribution in [2.24, 2.45) is 7.05 Å². The number of benzene rings is 2. The van der Waals surface area contributed by atoms with E-state index < -0.39 is 0 Å². The van der Waals surface area contributed by atoms with Gasteiger partial charge in [0.2, 0.25) is 5.52 Å². The largest absolute Gasteiger partial charge is 1.00 e. The van der Waals surface area contributed by atoms with Crippen molar-refractivity contribution in [2.45, 2.75) is 9.79 Å². The van der Waals surface area contributed by atoms with Crippen molar-refractivity contribution in [3.8, 4) is 0 Å². The zero-order valence-electron chi connectivity index (χ0n) is 10.6. The highest BCUT2D eigenvalue weighted by Crippen LogP contribution is 2.28. The molecule has 19 heavy (non-hydrogen) atoms. The van der Waals surface area contributed by atoms with Crippen LogP contribution in [0.2, 0.25) is 0 Å². The molecular formula is C16H14INS. The molecule has 0 radical (unpaired) electrons. The predicted octanol–water partition coefficient (Wildman–Crippen LogP) is 0.819. The van der Waals surface area contributed by atoms with E-state index in [1.807, 2.05) is 6.07 Å². The quantitative estimate of drug-likeness (QED) is 0.471. The lowest BCUT2D eigenvalue weighted by molar-refractivity contribution is -0.646. The molecule has 0 amide bonds. The standard InChI is InChI=1S/C16H14NS.HI/c1-17-12-15(18-14-8-3-2-4-9-14)11-13-7-5-6-10-16(13)17;/h2-12H,1H3;1H/q+1;/p-1. The molecular weight excluding hydrogens is 365 g/mol. The molecule has 0 atom stereocenters. The summed E-state index contributed by atoms with van der Waals surface area (Å²) in [5, 5.41) is 1.28. The second kappa shape index (κ2) is 6.39. The minimum atomic E-state index is 0. The first kappa shape index (κ1) is 14.3. The van der Waals surface area contributed by atoms with Crippen LogP contribution in [0.3, 0.4) is 0 Å². The van der Waals surface area contributed by atoms with Crippen LogP contribution in [0, 0.1) is 0 Å². The SMILES string of the molecule is C[n+]1cc(Sc2ccccc2)cc2ccccc21.[I-]. The van der Waals surface area contributed by atoms with E-state index in [2.05, 4.69) is 72.4 Å². The van der Waals surface area contributed by atoms with Crippen molar-refractivity contribution in [3.63, 3.8) is 0 Å². The van der Waals surface area contributed by atoms with Crippen LogP contribution in [0.25, 0.3) is 10.9 Å². The van der Waals surface area contributed by atoms with Gasteiger partial charge in [-0.05, 0) is 24.3 Å². The molecule has 3 aromatic rings. The Labute approximate surface area is 134 Å². The van der Waals surface area contributed by atoms with Gasteiger partial charge in [0.25, 0.3) is 0 Å². The van der Waals surface area contributed by atoms with E-state index in [0.717, 1.165) is 0 Å². The molecule has 0 saturated heterocycles. The van der Waals surface area contributed by atoms with Gasteiger partial charge in [-0.1, -0.05) is 42.1 Å². The van der Waals surface area contributed by atoms with Crippen LogP contribution in [0.15, 0.2) is 76.7 Å². The molecule has 0 aliphatic heterocycles. The molecule has 0 aliphatic carbocycles. The van der Waals surface area contributed by atoms with Gasteiger partial charge in [0.1, 0.15) is 7.05 Å². The van der Waals surface area contributed by atoms with Crippen LogP contribution in [-0.2, 0) is 7.05 Å². The fourth-order valence-corrected chi connectivity index (χ4v) is 3.02. The summed E-state index contributed by atoms with van der Waals surface area (Å²) in [5.74, 6) is 0. The normalized spacial score (nSPS) is 10.2. The summed E-state index contributed by atoms with van der Waals surface area (Å²) >= 11 is 1.80. The lowest BCUT2D eigenvalue weighted by Crippen LogP contribution is -3.00. The molecule has 0 saturated carbocycles. The molecule has 0 N–H and O–H groups in total. The Hall–Kier alpha value is -1.07. The van der Waals surface area contributed by atoms with Crippen LogP contribution in [0.1, 0.15) is 0 Å². The summed E-state index contributed by atoms with van der Waals surface area (Å²) in [5.41, 5.74) is 1.26. The molecule has 96 valence electrons. The Morgan fingerprint density at radius 3 is 2.32 bits per heavy atom. The highest BCUT2D eigenvalue weighted by molar-refractivity contribution is 7.99. The average molecular weight is 379 g/mol. The van der Waals surface area contributed by atoms with E-state index in [1.165, 1.54) is 20.7 Å². The van der Waals surface area contributed by atoms with Gasteiger partial charge in [0, 0.05) is 16.3 Å². The smallest absolute Gasteiger partial charge is 0.212 e. The van der Waals surface area contributed by atoms with Gasteiger partial charge < -0.3 is 24.0 Å². The van der Waals surface area contributed by atoms with Crippen LogP contribution < -0.4 is 28.5 Å². The molecule has 0 bridgehead atoms. The number of fused-ring (bicyclic) bond motifs is 1. The van der Waals surface area contributed by atoms with Gasteiger partial charge in [-0.15, -0.1) is 0 Å². The summed E-state index contributed by atoms with van der Waals surface area (Å²) in [6.07, 6.45) is 2.18. The van der Waals surface area contributed by atoms with Crippen molar-refractivity contribution < 1.29 is 28.5 Å². The Morgan fingerprint density at radius 2 is 1.53 bits per heavy atom. The summed E-state index contributed by atoms with van der Waals surface area (Å²) in [4.78, 5) is 2.54. The lowest BCUT2D eigenvalue weighted by Gasteiger charge is -2.02. The van der Waals surface area contributed by atoms with Crippen LogP contribution in [0.4, 0.5) is 0 Å². The van der Waals surface area contributed by atoms with Gasteiger partial charge in [-0.25, -0.2) is 0 Å². The number of halogens is 1. The molecule has 0 spiro atoms. The third kappa shape index (κ3) is 3.28. The highest BCUT2D eigenvalue weighted by Gasteiger charge is 2.07. The fourth-order valence-electron chi connectivity index (χ4n) is 2.06. The van der Waals surface area contributed by atoms with E-state index in [9.17, 15) is 0 Å². The second-order valence-corrected chi connectivity index (χ2v) is 5.41. The number of hydrogen-bond acceptors (Lipinski definition) is 1. The Kier molecular flexibility index (Phi) is 4.82. The van der Waals surface area contributed by atoms with E-state index in [0.29, 0.717) is 0 Å². The third-order valence-corrected chi connectivity index (χ3v) is 3.88. The Balaban J connectivity index is 0.00000133. The van der Waals surface area contributed by atoms with Crippen molar-refractivity contribution in [3.05, 3.63) is 66.9 Å². The van der Waals surface area contributed by atoms with Crippen molar-refractivity contribution >= 4 is 22.7 Å². The molecule has 0 aliphatic rings. The molecule has 1 aromatic heterocycles. The molecule has 0 unspecified atom stereocenters. The zero-order chi connectivity index (χ0) is 12.4. The first-order valence-corrected chi connectivity index (χ1v) is 6.76. The summed E-state index contributed by atoms with van der Waals surface area (Å²) in [6, 6.07) is 21.2. The molecule has 1 nitrogen and oxygen atoms in total. The maximum absolute atomic E-state index is 2.24. The summed E-state index contributed by atoms with van der Waals surface area (Å²) in [6.45, 7) is 0. The molecule has 2 aromatic carbocycles. The van der Waals surface area contributed by atoms with Crippen LogP contribution in [-0.4, -0.2) is 0 Å². The predicted molar refractivity (Wildman–Crippen MR) is 75.7 cm³/mol. The number of aromatic nitrogens is 1. The maximum atomic E-state index is 2.24. The molecule has 3 heteroatoms.